The summed E-state index contributed by atoms with van der Waals surface area (Å²) in [7, 11) is -3.74. The third-order valence-corrected chi connectivity index (χ3v) is 12.6. The van der Waals surface area contributed by atoms with Crippen LogP contribution in [0.4, 0.5) is 0 Å². The Morgan fingerprint density at radius 1 is 0.763 bits per heavy atom. The van der Waals surface area contributed by atoms with E-state index in [0.717, 1.165) is 48.1 Å². The molecule has 4 aliphatic rings. The fourth-order valence-electron chi connectivity index (χ4n) is 9.04. The lowest BCUT2D eigenvalue weighted by Crippen LogP contribution is -2.53. The standard InChI is InChI=1S/C33H45O4P/c1-32-19-9-14-30(32)29-16-15-27-22-28(17-21-33(27,2)31(29)18-20-32)37-38(34,35-23-25-10-5-3-6-11-25)36-24-26-12-7-4-8-13-26/h3-8,10-13,27-31H,9,14-24H2,1-2H3/t27-,28-,29-,30-,31-,32-,33-/m0/s1. The third kappa shape index (κ3) is 5.31. The molecule has 0 heterocycles. The van der Waals surface area contributed by atoms with Crippen LogP contribution in [-0.2, 0) is 31.4 Å². The molecule has 206 valence electrons. The molecule has 6 rings (SSSR count). The van der Waals surface area contributed by atoms with Crippen LogP contribution in [0.1, 0.15) is 89.2 Å². The second kappa shape index (κ2) is 10.8. The summed E-state index contributed by atoms with van der Waals surface area (Å²) < 4.78 is 32.3. The van der Waals surface area contributed by atoms with E-state index in [-0.39, 0.29) is 19.3 Å². The van der Waals surface area contributed by atoms with E-state index in [2.05, 4.69) is 13.8 Å². The van der Waals surface area contributed by atoms with E-state index >= 15 is 0 Å². The topological polar surface area (TPSA) is 44.8 Å². The first-order valence-electron chi connectivity index (χ1n) is 15.0. The molecule has 7 atom stereocenters. The zero-order valence-corrected chi connectivity index (χ0v) is 24.1. The molecule has 4 fully saturated rings. The van der Waals surface area contributed by atoms with Gasteiger partial charge >= 0.3 is 7.82 Å². The Morgan fingerprint density at radius 3 is 2.08 bits per heavy atom. The minimum Gasteiger partial charge on any atom is -0.284 e. The van der Waals surface area contributed by atoms with Crippen molar-refractivity contribution in [2.24, 2.45) is 34.5 Å². The van der Waals surface area contributed by atoms with E-state index < -0.39 is 7.82 Å². The Kier molecular flexibility index (Phi) is 7.64. The maximum Gasteiger partial charge on any atom is 0.475 e. The third-order valence-electron chi connectivity index (χ3n) is 11.1. The highest BCUT2D eigenvalue weighted by atomic mass is 31.2. The van der Waals surface area contributed by atoms with Gasteiger partial charge in [0.25, 0.3) is 0 Å². The molecule has 0 aromatic heterocycles. The average molecular weight is 537 g/mol. The fraction of sp³-hybridized carbons (Fsp3) is 0.636. The summed E-state index contributed by atoms with van der Waals surface area (Å²) in [6.45, 7) is 5.59. The van der Waals surface area contributed by atoms with Crippen molar-refractivity contribution in [2.45, 2.75) is 97.4 Å². The highest BCUT2D eigenvalue weighted by molar-refractivity contribution is 7.48. The van der Waals surface area contributed by atoms with E-state index in [1.807, 2.05) is 60.7 Å². The van der Waals surface area contributed by atoms with Crippen molar-refractivity contribution in [1.82, 2.24) is 0 Å². The van der Waals surface area contributed by atoms with Crippen LogP contribution in [0.2, 0.25) is 0 Å². The number of phosphoric acid groups is 1. The largest absolute Gasteiger partial charge is 0.475 e. The van der Waals surface area contributed by atoms with Crippen LogP contribution in [0.25, 0.3) is 0 Å². The van der Waals surface area contributed by atoms with E-state index in [1.165, 1.54) is 44.9 Å². The maximum atomic E-state index is 14.0. The molecule has 0 saturated heterocycles. The van der Waals surface area contributed by atoms with Crippen LogP contribution in [0.15, 0.2) is 60.7 Å². The summed E-state index contributed by atoms with van der Waals surface area (Å²) in [6.07, 6.45) is 12.8. The van der Waals surface area contributed by atoms with Gasteiger partial charge in [-0.25, -0.2) is 4.57 Å². The summed E-state index contributed by atoms with van der Waals surface area (Å²) >= 11 is 0. The first-order valence-corrected chi connectivity index (χ1v) is 16.5. The zero-order chi connectivity index (χ0) is 26.2. The number of phosphoric ester groups is 1. The Balaban J connectivity index is 1.14. The van der Waals surface area contributed by atoms with Gasteiger partial charge in [0.1, 0.15) is 0 Å². The summed E-state index contributed by atoms with van der Waals surface area (Å²) in [5, 5.41) is 0. The molecule has 0 bridgehead atoms. The highest BCUT2D eigenvalue weighted by Gasteiger charge is 2.58. The number of fused-ring (bicyclic) bond motifs is 5. The lowest BCUT2D eigenvalue weighted by molar-refractivity contribution is -0.120. The molecular weight excluding hydrogens is 491 g/mol. The SMILES string of the molecule is C[C@@]12CCC[C@H]1[C@@H]1CC[C@H]3C[C@@H](OP(=O)(OCc4ccccc4)OCc4ccccc4)CC[C@]3(C)[C@H]1CC2. The van der Waals surface area contributed by atoms with Gasteiger partial charge in [0.15, 0.2) is 0 Å². The lowest BCUT2D eigenvalue weighted by Gasteiger charge is -2.60. The Morgan fingerprint density at radius 2 is 1.42 bits per heavy atom. The molecule has 4 saturated carbocycles. The fourth-order valence-corrected chi connectivity index (χ4v) is 10.4. The van der Waals surface area contributed by atoms with Crippen LogP contribution in [-0.4, -0.2) is 6.10 Å². The van der Waals surface area contributed by atoms with Crippen LogP contribution >= 0.6 is 7.82 Å². The molecule has 0 radical (unpaired) electrons. The second-order valence-corrected chi connectivity index (χ2v) is 14.8. The molecular formula is C33H45O4P. The normalized spacial score (nSPS) is 36.7. The summed E-state index contributed by atoms with van der Waals surface area (Å²) in [5.74, 6) is 3.31. The van der Waals surface area contributed by atoms with Crippen molar-refractivity contribution in [1.29, 1.82) is 0 Å². The molecule has 0 unspecified atom stereocenters. The lowest BCUT2D eigenvalue weighted by atomic mass is 9.45. The van der Waals surface area contributed by atoms with Crippen LogP contribution in [0.5, 0.6) is 0 Å². The van der Waals surface area contributed by atoms with Gasteiger partial charge in [-0.05, 0) is 103 Å². The Labute approximate surface area is 229 Å². The van der Waals surface area contributed by atoms with Crippen molar-refractivity contribution in [3.8, 4) is 0 Å². The van der Waals surface area contributed by atoms with E-state index in [0.29, 0.717) is 16.7 Å². The highest BCUT2D eigenvalue weighted by Crippen LogP contribution is 2.67. The van der Waals surface area contributed by atoms with Crippen molar-refractivity contribution >= 4 is 7.82 Å². The molecule has 2 aromatic carbocycles. The van der Waals surface area contributed by atoms with Crippen molar-refractivity contribution in [3.05, 3.63) is 71.8 Å². The molecule has 0 amide bonds. The van der Waals surface area contributed by atoms with Gasteiger partial charge in [-0.1, -0.05) is 80.9 Å². The molecule has 0 aliphatic heterocycles. The quantitative estimate of drug-likeness (QED) is 0.315. The second-order valence-electron chi connectivity index (χ2n) is 13.2. The zero-order valence-electron chi connectivity index (χ0n) is 23.2. The molecule has 4 aliphatic carbocycles. The van der Waals surface area contributed by atoms with Gasteiger partial charge in [-0.2, -0.15) is 0 Å². The Hall–Kier alpha value is -1.45. The average Bonchev–Trinajstić information content (AvgIpc) is 3.34. The van der Waals surface area contributed by atoms with E-state index in [1.54, 1.807) is 0 Å². The van der Waals surface area contributed by atoms with Gasteiger partial charge in [-0.15, -0.1) is 0 Å². The smallest absolute Gasteiger partial charge is 0.284 e. The van der Waals surface area contributed by atoms with Gasteiger partial charge in [-0.3, -0.25) is 13.6 Å². The molecule has 5 heteroatoms. The van der Waals surface area contributed by atoms with Gasteiger partial charge < -0.3 is 0 Å². The number of rotatable bonds is 8. The first-order chi connectivity index (χ1) is 18.4. The van der Waals surface area contributed by atoms with Gasteiger partial charge in [0.05, 0.1) is 19.3 Å². The van der Waals surface area contributed by atoms with Crippen molar-refractivity contribution in [2.75, 3.05) is 0 Å². The molecule has 38 heavy (non-hydrogen) atoms. The summed E-state index contributed by atoms with van der Waals surface area (Å²) in [4.78, 5) is 0. The van der Waals surface area contributed by atoms with Crippen LogP contribution < -0.4 is 0 Å². The summed E-state index contributed by atoms with van der Waals surface area (Å²) in [5.41, 5.74) is 2.91. The molecule has 0 spiro atoms. The summed E-state index contributed by atoms with van der Waals surface area (Å²) in [6, 6.07) is 19.7. The number of hydrogen-bond acceptors (Lipinski definition) is 4. The number of benzene rings is 2. The maximum absolute atomic E-state index is 14.0. The molecule has 4 nitrogen and oxygen atoms in total. The molecule has 2 aromatic rings. The molecule has 0 N–H and O–H groups in total. The van der Waals surface area contributed by atoms with Crippen molar-refractivity contribution < 1.29 is 18.1 Å². The Bertz CT molecular complexity index is 1070. The first kappa shape index (κ1) is 26.8. The minimum absolute atomic E-state index is 0.0812. The minimum atomic E-state index is -3.74. The monoisotopic (exact) mass is 536 g/mol. The van der Waals surface area contributed by atoms with Crippen LogP contribution in [0.3, 0.4) is 0 Å². The van der Waals surface area contributed by atoms with E-state index in [9.17, 15) is 4.57 Å². The predicted molar refractivity (Wildman–Crippen MR) is 151 cm³/mol. The van der Waals surface area contributed by atoms with Crippen molar-refractivity contribution in [3.63, 3.8) is 0 Å². The number of hydrogen-bond donors (Lipinski definition) is 0. The van der Waals surface area contributed by atoms with Gasteiger partial charge in [0.2, 0.25) is 0 Å². The predicted octanol–water partition coefficient (Wildman–Crippen LogP) is 9.35. The van der Waals surface area contributed by atoms with E-state index in [4.69, 9.17) is 13.6 Å². The van der Waals surface area contributed by atoms with Crippen LogP contribution in [0, 0.1) is 34.5 Å². The van der Waals surface area contributed by atoms with Gasteiger partial charge in [0, 0.05) is 0 Å².